The van der Waals surface area contributed by atoms with Gasteiger partial charge in [-0.15, -0.1) is 6.58 Å². The Kier molecular flexibility index (Phi) is 8.05. The number of hydrogen-bond donors (Lipinski definition) is 0. The van der Waals surface area contributed by atoms with E-state index in [1.807, 2.05) is 13.0 Å². The maximum Gasteiger partial charge on any atom is 0.168 e. The predicted octanol–water partition coefficient (Wildman–Crippen LogP) is 5.16. The number of furan rings is 1. The average Bonchev–Trinajstić information content (AvgIpc) is 3.05. The second-order valence-corrected chi connectivity index (χ2v) is 5.21. The van der Waals surface area contributed by atoms with Crippen LogP contribution in [0.25, 0.3) is 5.76 Å². The van der Waals surface area contributed by atoms with Crippen LogP contribution in [0.2, 0.25) is 0 Å². The molecule has 0 saturated carbocycles. The average molecular weight is 302 g/mol. The molecule has 22 heavy (non-hydrogen) atoms. The lowest BCUT2D eigenvalue weighted by molar-refractivity contribution is -0.118. The first-order valence-corrected chi connectivity index (χ1v) is 7.86. The molecule has 1 aromatic heterocycles. The van der Waals surface area contributed by atoms with E-state index < -0.39 is 0 Å². The lowest BCUT2D eigenvalue weighted by atomic mass is 9.92. The summed E-state index contributed by atoms with van der Waals surface area (Å²) in [5.74, 6) is 1.13. The maximum atomic E-state index is 12.4. The molecule has 0 aliphatic heterocycles. The Morgan fingerprint density at radius 2 is 2.23 bits per heavy atom. The largest absolute Gasteiger partial charge is 0.490 e. The van der Waals surface area contributed by atoms with Crippen LogP contribution in [0.3, 0.4) is 0 Å². The van der Waals surface area contributed by atoms with Gasteiger partial charge >= 0.3 is 0 Å². The molecule has 0 N–H and O–H groups in total. The van der Waals surface area contributed by atoms with Crippen LogP contribution in [0, 0.1) is 5.92 Å². The fourth-order valence-corrected chi connectivity index (χ4v) is 2.08. The van der Waals surface area contributed by atoms with Crippen molar-refractivity contribution in [2.45, 2.75) is 39.5 Å². The molecule has 3 nitrogen and oxygen atoms in total. The topological polar surface area (TPSA) is 39.4 Å². The zero-order valence-electron chi connectivity index (χ0n) is 13.6. The molecule has 1 atom stereocenters. The highest BCUT2D eigenvalue weighted by Crippen LogP contribution is 2.22. The van der Waals surface area contributed by atoms with Crippen LogP contribution in [0.1, 0.15) is 45.3 Å². The highest BCUT2D eigenvalue weighted by Gasteiger charge is 2.18. The van der Waals surface area contributed by atoms with Gasteiger partial charge in [0.25, 0.3) is 0 Å². The van der Waals surface area contributed by atoms with Gasteiger partial charge in [-0.05, 0) is 37.5 Å². The Morgan fingerprint density at radius 1 is 1.45 bits per heavy atom. The third-order valence-electron chi connectivity index (χ3n) is 3.46. The van der Waals surface area contributed by atoms with Gasteiger partial charge in [0.1, 0.15) is 0 Å². The van der Waals surface area contributed by atoms with Crippen LogP contribution in [0.5, 0.6) is 0 Å². The maximum absolute atomic E-state index is 12.4. The minimum absolute atomic E-state index is 0.0329. The fraction of sp³-hybridized carbons (Fsp3) is 0.421. The summed E-state index contributed by atoms with van der Waals surface area (Å²) < 4.78 is 11.1. The summed E-state index contributed by atoms with van der Waals surface area (Å²) in [5.41, 5.74) is 0.441. The number of allylic oxidation sites excluding steroid dienone is 3. The van der Waals surface area contributed by atoms with Gasteiger partial charge in [-0.1, -0.05) is 32.9 Å². The number of ether oxygens (including phenoxy) is 1. The van der Waals surface area contributed by atoms with E-state index in [0.29, 0.717) is 30.1 Å². The minimum atomic E-state index is -0.0743. The first-order valence-electron chi connectivity index (χ1n) is 7.86. The van der Waals surface area contributed by atoms with Crippen molar-refractivity contribution in [3.8, 4) is 0 Å². The summed E-state index contributed by atoms with van der Waals surface area (Å²) in [4.78, 5) is 12.4. The molecule has 0 radical (unpaired) electrons. The van der Waals surface area contributed by atoms with Crippen molar-refractivity contribution in [1.82, 2.24) is 0 Å². The second-order valence-electron chi connectivity index (χ2n) is 5.21. The van der Waals surface area contributed by atoms with Gasteiger partial charge in [0.05, 0.1) is 12.9 Å². The van der Waals surface area contributed by atoms with E-state index in [4.69, 9.17) is 9.15 Å². The summed E-state index contributed by atoms with van der Waals surface area (Å²) in [5, 5.41) is 0. The Morgan fingerprint density at radius 3 is 2.77 bits per heavy atom. The summed E-state index contributed by atoms with van der Waals surface area (Å²) in [6, 6.07) is 3.61. The lowest BCUT2D eigenvalue weighted by Gasteiger charge is -2.13. The van der Waals surface area contributed by atoms with Crippen LogP contribution in [-0.4, -0.2) is 12.4 Å². The van der Waals surface area contributed by atoms with Gasteiger partial charge in [0.15, 0.2) is 17.3 Å². The summed E-state index contributed by atoms with van der Waals surface area (Å²) in [6.45, 7) is 12.3. The van der Waals surface area contributed by atoms with Gasteiger partial charge in [-0.25, -0.2) is 0 Å². The predicted molar refractivity (Wildman–Crippen MR) is 90.3 cm³/mol. The van der Waals surface area contributed by atoms with Crippen LogP contribution in [-0.2, 0) is 9.53 Å². The number of carbonyl (C=O) groups excluding carboxylic acids is 1. The molecule has 3 heteroatoms. The third kappa shape index (κ3) is 5.40. The molecule has 0 aliphatic rings. The number of hydrogen-bond acceptors (Lipinski definition) is 3. The summed E-state index contributed by atoms with van der Waals surface area (Å²) in [7, 11) is 0. The van der Waals surface area contributed by atoms with E-state index in [0.717, 1.165) is 19.3 Å². The van der Waals surface area contributed by atoms with E-state index in [9.17, 15) is 4.79 Å². The van der Waals surface area contributed by atoms with Crippen molar-refractivity contribution >= 4 is 11.5 Å². The minimum Gasteiger partial charge on any atom is -0.490 e. The first kappa shape index (κ1) is 18.0. The highest BCUT2D eigenvalue weighted by molar-refractivity contribution is 6.00. The molecule has 0 aliphatic carbocycles. The first-order chi connectivity index (χ1) is 10.6. The molecule has 1 heterocycles. The van der Waals surface area contributed by atoms with Gasteiger partial charge in [0.2, 0.25) is 0 Å². The van der Waals surface area contributed by atoms with Crippen molar-refractivity contribution in [3.63, 3.8) is 0 Å². The van der Waals surface area contributed by atoms with E-state index in [1.165, 1.54) is 0 Å². The van der Waals surface area contributed by atoms with Gasteiger partial charge < -0.3 is 9.15 Å². The van der Waals surface area contributed by atoms with Gasteiger partial charge in [-0.3, -0.25) is 4.79 Å². The lowest BCUT2D eigenvalue weighted by Crippen LogP contribution is -2.14. The van der Waals surface area contributed by atoms with Crippen molar-refractivity contribution in [2.24, 2.45) is 5.92 Å². The third-order valence-corrected chi connectivity index (χ3v) is 3.46. The molecule has 0 bridgehead atoms. The van der Waals surface area contributed by atoms with Crippen LogP contribution in [0.4, 0.5) is 0 Å². The molecular formula is C19H26O3. The Labute approximate surface area is 133 Å². The molecule has 1 aromatic rings. The highest BCUT2D eigenvalue weighted by atomic mass is 16.5. The molecule has 0 fully saturated rings. The van der Waals surface area contributed by atoms with Gasteiger partial charge in [-0.2, -0.15) is 0 Å². The Balaban J connectivity index is 2.87. The summed E-state index contributed by atoms with van der Waals surface area (Å²) in [6.07, 6.45) is 8.47. The fourth-order valence-electron chi connectivity index (χ4n) is 2.08. The van der Waals surface area contributed by atoms with E-state index >= 15 is 0 Å². The van der Waals surface area contributed by atoms with E-state index in [-0.39, 0.29) is 11.7 Å². The van der Waals surface area contributed by atoms with Gasteiger partial charge in [0, 0.05) is 11.5 Å². The van der Waals surface area contributed by atoms with Crippen molar-refractivity contribution in [2.75, 3.05) is 6.61 Å². The Bertz CT molecular complexity index is 509. The number of Topliss-reactive ketones (excluding diaryl/α,β-unsaturated/α-hetero) is 1. The van der Waals surface area contributed by atoms with E-state index in [2.05, 4.69) is 20.1 Å². The normalized spacial score (nSPS) is 12.7. The van der Waals surface area contributed by atoms with Crippen molar-refractivity contribution in [1.29, 1.82) is 0 Å². The zero-order valence-corrected chi connectivity index (χ0v) is 13.6. The number of carbonyl (C=O) groups is 1. The second kappa shape index (κ2) is 9.82. The van der Waals surface area contributed by atoms with Crippen molar-refractivity contribution in [3.05, 3.63) is 55.0 Å². The van der Waals surface area contributed by atoms with E-state index in [1.54, 1.807) is 24.5 Å². The Hall–Kier alpha value is -2.03. The van der Waals surface area contributed by atoms with Crippen LogP contribution >= 0.6 is 0 Å². The molecule has 1 unspecified atom stereocenters. The molecule has 0 aromatic carbocycles. The van der Waals surface area contributed by atoms with Crippen LogP contribution < -0.4 is 0 Å². The monoisotopic (exact) mass is 302 g/mol. The number of ketones is 1. The molecule has 1 rings (SSSR count). The van der Waals surface area contributed by atoms with Crippen LogP contribution in [0.15, 0.2) is 53.7 Å². The smallest absolute Gasteiger partial charge is 0.168 e. The molecule has 0 amide bonds. The number of unbranched alkanes of at least 4 members (excludes halogenated alkanes) is 1. The quantitative estimate of drug-likeness (QED) is 0.186. The molecular weight excluding hydrogens is 276 g/mol. The molecule has 120 valence electrons. The summed E-state index contributed by atoms with van der Waals surface area (Å²) >= 11 is 0. The number of rotatable bonds is 11. The standard InChI is InChI=1S/C19H26O3/c1-5-8-12-22-18(17-11-9-13-21-17)14-15(4)19(20)16(7-3)10-6-2/h6,9,11,13-14,16H,2,4-5,7-8,10,12H2,1,3H3/b18-14-. The molecule has 0 spiro atoms. The zero-order chi connectivity index (χ0) is 16.4. The SMILES string of the molecule is C=CCC(CC)C(=O)C(=C)/C=C(\OCCCC)c1ccco1. The molecule has 0 saturated heterocycles. The van der Waals surface area contributed by atoms with Crippen molar-refractivity contribution < 1.29 is 13.9 Å².